The van der Waals surface area contributed by atoms with Gasteiger partial charge in [-0.2, -0.15) is 0 Å². The van der Waals surface area contributed by atoms with Gasteiger partial charge in [0.2, 0.25) is 5.88 Å². The average Bonchev–Trinajstić information content (AvgIpc) is 2.64. The summed E-state index contributed by atoms with van der Waals surface area (Å²) in [6, 6.07) is 9.58. The molecule has 148 valence electrons. The molecule has 0 radical (unpaired) electrons. The largest absolute Gasteiger partial charge is 0.439 e. The molecule has 1 aromatic carbocycles. The molecule has 0 saturated carbocycles. The third-order valence-electron chi connectivity index (χ3n) is 3.32. The second-order valence-corrected chi connectivity index (χ2v) is 5.38. The van der Waals surface area contributed by atoms with Crippen LogP contribution in [0.5, 0.6) is 11.6 Å². The molecule has 0 unspecified atom stereocenters. The van der Waals surface area contributed by atoms with Crippen molar-refractivity contribution in [3.63, 3.8) is 0 Å². The van der Waals surface area contributed by atoms with Gasteiger partial charge in [-0.3, -0.25) is 0 Å². The highest BCUT2D eigenvalue weighted by Gasteiger charge is 2.02. The van der Waals surface area contributed by atoms with Gasteiger partial charge in [-0.15, -0.1) is 24.0 Å². The number of nitrogens with one attached hydrogen (secondary N) is 2. The summed E-state index contributed by atoms with van der Waals surface area (Å²) in [6.07, 6.45) is 1.70. The normalized spacial score (nSPS) is 10.9. The zero-order chi connectivity index (χ0) is 18.6. The van der Waals surface area contributed by atoms with Crippen molar-refractivity contribution in [2.45, 2.75) is 20.4 Å². The molecule has 2 rings (SSSR count). The van der Waals surface area contributed by atoms with Crippen LogP contribution in [0.25, 0.3) is 0 Å². The predicted octanol–water partition coefficient (Wildman–Crippen LogP) is 3.72. The lowest BCUT2D eigenvalue weighted by molar-refractivity contribution is 0.152. The number of guanidine groups is 1. The molecular weight excluding hydrogens is 462 g/mol. The first-order valence-electron chi connectivity index (χ1n) is 8.69. The lowest BCUT2D eigenvalue weighted by atomic mass is 10.3. The van der Waals surface area contributed by atoms with Crippen molar-refractivity contribution in [1.82, 2.24) is 15.6 Å². The van der Waals surface area contributed by atoms with Gasteiger partial charge in [-0.1, -0.05) is 12.1 Å². The number of aromatic nitrogens is 1. The molecule has 8 heteroatoms. The molecule has 2 N–H and O–H groups in total. The van der Waals surface area contributed by atoms with Crippen molar-refractivity contribution in [3.05, 3.63) is 54.0 Å². The molecular formula is C19H26FIN4O2. The van der Waals surface area contributed by atoms with Gasteiger partial charge >= 0.3 is 0 Å². The SMILES string of the molecule is CCNC(=NCc1ccc(Oc2cccc(F)c2)nc1)NCCOCC.I. The van der Waals surface area contributed by atoms with Gasteiger partial charge in [0.1, 0.15) is 11.6 Å². The van der Waals surface area contributed by atoms with E-state index in [0.29, 0.717) is 37.9 Å². The lowest BCUT2D eigenvalue weighted by Gasteiger charge is -2.11. The molecule has 0 bridgehead atoms. The first-order chi connectivity index (χ1) is 12.7. The van der Waals surface area contributed by atoms with Crippen LogP contribution in [0.1, 0.15) is 19.4 Å². The van der Waals surface area contributed by atoms with E-state index in [-0.39, 0.29) is 29.8 Å². The van der Waals surface area contributed by atoms with Crippen LogP contribution in [-0.2, 0) is 11.3 Å². The third-order valence-corrected chi connectivity index (χ3v) is 3.32. The number of benzene rings is 1. The van der Waals surface area contributed by atoms with E-state index in [1.807, 2.05) is 19.9 Å². The van der Waals surface area contributed by atoms with Crippen LogP contribution in [0, 0.1) is 5.82 Å². The second-order valence-electron chi connectivity index (χ2n) is 5.38. The van der Waals surface area contributed by atoms with Gasteiger partial charge in [0.15, 0.2) is 5.96 Å². The maximum Gasteiger partial charge on any atom is 0.219 e. The van der Waals surface area contributed by atoms with Crippen molar-refractivity contribution in [2.75, 3.05) is 26.3 Å². The molecule has 0 amide bonds. The summed E-state index contributed by atoms with van der Waals surface area (Å²) < 4.78 is 24.0. The Morgan fingerprint density at radius 1 is 1.19 bits per heavy atom. The summed E-state index contributed by atoms with van der Waals surface area (Å²) >= 11 is 0. The van der Waals surface area contributed by atoms with Gasteiger partial charge in [0, 0.05) is 38.0 Å². The summed E-state index contributed by atoms with van der Waals surface area (Å²) in [6.45, 7) is 7.27. The first-order valence-corrected chi connectivity index (χ1v) is 8.69. The highest BCUT2D eigenvalue weighted by Crippen LogP contribution is 2.20. The Balaban J connectivity index is 0.00000364. The molecule has 1 heterocycles. The second kappa shape index (κ2) is 13.3. The Morgan fingerprint density at radius 2 is 2.04 bits per heavy atom. The minimum atomic E-state index is -0.346. The average molecular weight is 488 g/mol. The van der Waals surface area contributed by atoms with E-state index in [1.54, 1.807) is 24.4 Å². The monoisotopic (exact) mass is 488 g/mol. The molecule has 27 heavy (non-hydrogen) atoms. The zero-order valence-electron chi connectivity index (χ0n) is 15.6. The van der Waals surface area contributed by atoms with Crippen molar-refractivity contribution in [2.24, 2.45) is 4.99 Å². The number of pyridine rings is 1. The van der Waals surface area contributed by atoms with E-state index < -0.39 is 0 Å². The smallest absolute Gasteiger partial charge is 0.219 e. The van der Waals surface area contributed by atoms with Crippen LogP contribution in [0.3, 0.4) is 0 Å². The molecule has 0 atom stereocenters. The summed E-state index contributed by atoms with van der Waals surface area (Å²) in [5.74, 6) is 1.20. The number of nitrogens with zero attached hydrogens (tertiary/aromatic N) is 2. The molecule has 2 aromatic rings. The van der Waals surface area contributed by atoms with Crippen molar-refractivity contribution in [3.8, 4) is 11.6 Å². The first kappa shape index (κ1) is 23.1. The quantitative estimate of drug-likeness (QED) is 0.244. The summed E-state index contributed by atoms with van der Waals surface area (Å²) in [7, 11) is 0. The van der Waals surface area contributed by atoms with Crippen LogP contribution >= 0.6 is 24.0 Å². The summed E-state index contributed by atoms with van der Waals surface area (Å²) in [5.41, 5.74) is 0.943. The fourth-order valence-corrected chi connectivity index (χ4v) is 2.11. The molecule has 0 aliphatic rings. The standard InChI is InChI=1S/C19H25FN4O2.HI/c1-3-21-19(22-10-11-25-4-2)24-14-15-8-9-18(23-13-15)26-17-7-5-6-16(20)12-17;/h5-9,12-13H,3-4,10-11,14H2,1-2H3,(H2,21,22,24);1H. The minimum Gasteiger partial charge on any atom is -0.439 e. The van der Waals surface area contributed by atoms with Crippen LogP contribution in [0.4, 0.5) is 4.39 Å². The van der Waals surface area contributed by atoms with E-state index in [2.05, 4.69) is 20.6 Å². The number of hydrogen-bond donors (Lipinski definition) is 2. The van der Waals surface area contributed by atoms with Gasteiger partial charge in [-0.05, 0) is 31.5 Å². The minimum absolute atomic E-state index is 0. The summed E-state index contributed by atoms with van der Waals surface area (Å²) in [4.78, 5) is 8.75. The maximum atomic E-state index is 13.2. The van der Waals surface area contributed by atoms with E-state index in [1.165, 1.54) is 12.1 Å². The Hall–Kier alpha value is -1.94. The third kappa shape index (κ3) is 9.00. The Labute approximate surface area is 176 Å². The number of rotatable bonds is 9. The van der Waals surface area contributed by atoms with Crippen LogP contribution < -0.4 is 15.4 Å². The molecule has 1 aromatic heterocycles. The molecule has 0 saturated heterocycles. The molecule has 0 spiro atoms. The predicted molar refractivity (Wildman–Crippen MR) is 115 cm³/mol. The molecule has 6 nitrogen and oxygen atoms in total. The van der Waals surface area contributed by atoms with Crippen LogP contribution in [0.15, 0.2) is 47.6 Å². The number of ether oxygens (including phenoxy) is 2. The highest BCUT2D eigenvalue weighted by atomic mass is 127. The molecule has 0 fully saturated rings. The zero-order valence-corrected chi connectivity index (χ0v) is 17.9. The van der Waals surface area contributed by atoms with Crippen molar-refractivity contribution < 1.29 is 13.9 Å². The Morgan fingerprint density at radius 3 is 2.70 bits per heavy atom. The summed E-state index contributed by atoms with van der Waals surface area (Å²) in [5, 5.41) is 6.39. The number of halogens is 2. The fraction of sp³-hybridized carbons (Fsp3) is 0.368. The Bertz CT molecular complexity index is 698. The van der Waals surface area contributed by atoms with Gasteiger partial charge in [-0.25, -0.2) is 14.4 Å². The maximum absolute atomic E-state index is 13.2. The van der Waals surface area contributed by atoms with Gasteiger partial charge in [0.25, 0.3) is 0 Å². The highest BCUT2D eigenvalue weighted by molar-refractivity contribution is 14.0. The van der Waals surface area contributed by atoms with E-state index in [0.717, 1.165) is 18.1 Å². The van der Waals surface area contributed by atoms with E-state index >= 15 is 0 Å². The van der Waals surface area contributed by atoms with Crippen LogP contribution in [0.2, 0.25) is 0 Å². The molecule has 0 aliphatic heterocycles. The van der Waals surface area contributed by atoms with Gasteiger partial charge < -0.3 is 20.1 Å². The lowest BCUT2D eigenvalue weighted by Crippen LogP contribution is -2.39. The number of hydrogen-bond acceptors (Lipinski definition) is 4. The fourth-order valence-electron chi connectivity index (χ4n) is 2.11. The van der Waals surface area contributed by atoms with Crippen molar-refractivity contribution in [1.29, 1.82) is 0 Å². The van der Waals surface area contributed by atoms with Gasteiger partial charge in [0.05, 0.1) is 13.2 Å². The van der Waals surface area contributed by atoms with E-state index in [9.17, 15) is 4.39 Å². The Kier molecular flexibility index (Phi) is 11.3. The van der Waals surface area contributed by atoms with Crippen molar-refractivity contribution >= 4 is 29.9 Å². The van der Waals surface area contributed by atoms with Crippen LogP contribution in [-0.4, -0.2) is 37.2 Å². The topological polar surface area (TPSA) is 67.8 Å². The number of aliphatic imine (C=N–C) groups is 1. The molecule has 0 aliphatic carbocycles. The van der Waals surface area contributed by atoms with E-state index in [4.69, 9.17) is 9.47 Å².